The van der Waals surface area contributed by atoms with E-state index in [9.17, 15) is 0 Å². The second-order valence-electron chi connectivity index (χ2n) is 5.05. The van der Waals surface area contributed by atoms with Crippen LogP contribution >= 0.6 is 0 Å². The van der Waals surface area contributed by atoms with Gasteiger partial charge in [-0.1, -0.05) is 12.1 Å². The van der Waals surface area contributed by atoms with E-state index in [2.05, 4.69) is 10.1 Å². The van der Waals surface area contributed by atoms with Gasteiger partial charge in [-0.3, -0.25) is 0 Å². The van der Waals surface area contributed by atoms with Crippen LogP contribution in [0.3, 0.4) is 0 Å². The molecule has 15 heavy (non-hydrogen) atoms. The van der Waals surface area contributed by atoms with Crippen LogP contribution in [0.25, 0.3) is 0 Å². The van der Waals surface area contributed by atoms with Crippen LogP contribution in [0.5, 0.6) is 0 Å². The van der Waals surface area contributed by atoms with Crippen molar-refractivity contribution in [3.8, 4) is 0 Å². The van der Waals surface area contributed by atoms with Crippen molar-refractivity contribution < 1.29 is 4.52 Å². The summed E-state index contributed by atoms with van der Waals surface area (Å²) in [7, 11) is 0. The van der Waals surface area contributed by atoms with E-state index in [4.69, 9.17) is 10.3 Å². The molecule has 1 aromatic rings. The average molecular weight is 207 g/mol. The molecule has 0 saturated heterocycles. The molecule has 0 spiro atoms. The Morgan fingerprint density at radius 3 is 2.80 bits per heavy atom. The first-order valence-electron chi connectivity index (χ1n) is 5.81. The molecule has 0 amide bonds. The van der Waals surface area contributed by atoms with Crippen molar-refractivity contribution in [2.75, 3.05) is 6.54 Å². The summed E-state index contributed by atoms with van der Waals surface area (Å²) >= 11 is 0. The van der Waals surface area contributed by atoms with Gasteiger partial charge >= 0.3 is 0 Å². The van der Waals surface area contributed by atoms with Gasteiger partial charge in [-0.2, -0.15) is 4.98 Å². The minimum atomic E-state index is 0.207. The van der Waals surface area contributed by atoms with Crippen molar-refractivity contribution in [3.05, 3.63) is 11.7 Å². The van der Waals surface area contributed by atoms with Gasteiger partial charge in [-0.25, -0.2) is 0 Å². The molecule has 82 valence electrons. The zero-order valence-electron chi connectivity index (χ0n) is 9.02. The highest BCUT2D eigenvalue weighted by atomic mass is 16.5. The minimum Gasteiger partial charge on any atom is -0.339 e. The second kappa shape index (κ2) is 3.30. The second-order valence-corrected chi connectivity index (χ2v) is 5.05. The molecule has 0 aromatic carbocycles. The van der Waals surface area contributed by atoms with Gasteiger partial charge in [-0.05, 0) is 31.1 Å². The Labute approximate surface area is 89.2 Å². The summed E-state index contributed by atoms with van der Waals surface area (Å²) in [6, 6.07) is 0. The molecule has 4 heteroatoms. The SMILES string of the molecule is CC(CN)c1noc(C2CC3CC3C2)n1. The molecule has 2 aliphatic carbocycles. The van der Waals surface area contributed by atoms with E-state index >= 15 is 0 Å². The van der Waals surface area contributed by atoms with Crippen LogP contribution in [-0.2, 0) is 0 Å². The molecule has 0 bridgehead atoms. The zero-order valence-corrected chi connectivity index (χ0v) is 9.02. The van der Waals surface area contributed by atoms with Gasteiger partial charge in [0.05, 0.1) is 0 Å². The Morgan fingerprint density at radius 1 is 1.40 bits per heavy atom. The molecular formula is C11H17N3O. The number of aromatic nitrogens is 2. The van der Waals surface area contributed by atoms with Crippen molar-refractivity contribution in [3.63, 3.8) is 0 Å². The van der Waals surface area contributed by atoms with Crippen molar-refractivity contribution in [1.29, 1.82) is 0 Å². The van der Waals surface area contributed by atoms with Gasteiger partial charge in [0, 0.05) is 18.4 Å². The van der Waals surface area contributed by atoms with Gasteiger partial charge < -0.3 is 10.3 Å². The first-order chi connectivity index (χ1) is 7.28. The fraction of sp³-hybridized carbons (Fsp3) is 0.818. The summed E-state index contributed by atoms with van der Waals surface area (Å²) in [6.07, 6.45) is 3.93. The summed E-state index contributed by atoms with van der Waals surface area (Å²) in [6.45, 7) is 2.61. The highest BCUT2D eigenvalue weighted by Gasteiger charge is 2.47. The van der Waals surface area contributed by atoms with E-state index in [0.29, 0.717) is 12.5 Å². The predicted octanol–water partition coefficient (Wildman–Crippen LogP) is 1.65. The van der Waals surface area contributed by atoms with Crippen LogP contribution in [0.1, 0.15) is 49.7 Å². The standard InChI is InChI=1S/C11H17N3O/c1-6(5-12)10-13-11(15-14-10)9-3-7-2-8(7)4-9/h6-9H,2-5,12H2,1H3. The summed E-state index contributed by atoms with van der Waals surface area (Å²) in [4.78, 5) is 4.46. The Balaban J connectivity index is 1.73. The maximum atomic E-state index is 5.57. The third kappa shape index (κ3) is 1.57. The summed E-state index contributed by atoms with van der Waals surface area (Å²) in [5.41, 5.74) is 5.57. The molecular weight excluding hydrogens is 190 g/mol. The number of hydrogen-bond donors (Lipinski definition) is 1. The molecule has 4 nitrogen and oxygen atoms in total. The van der Waals surface area contributed by atoms with Crippen LogP contribution in [0, 0.1) is 11.8 Å². The Hall–Kier alpha value is -0.900. The molecule has 1 aromatic heterocycles. The van der Waals surface area contributed by atoms with E-state index in [1.165, 1.54) is 19.3 Å². The number of nitrogens with two attached hydrogens (primary N) is 1. The molecule has 1 heterocycles. The van der Waals surface area contributed by atoms with Gasteiger partial charge in [0.1, 0.15) is 0 Å². The molecule has 2 N–H and O–H groups in total. The van der Waals surface area contributed by atoms with Crippen molar-refractivity contribution in [2.24, 2.45) is 17.6 Å². The number of rotatable bonds is 3. The average Bonchev–Trinajstić information content (AvgIpc) is 2.75. The Bertz CT molecular complexity index is 352. The normalized spacial score (nSPS) is 35.2. The number of nitrogens with zero attached hydrogens (tertiary/aromatic N) is 2. The molecule has 2 fully saturated rings. The maximum Gasteiger partial charge on any atom is 0.229 e. The fourth-order valence-corrected chi connectivity index (χ4v) is 2.64. The minimum absolute atomic E-state index is 0.207. The van der Waals surface area contributed by atoms with Crippen molar-refractivity contribution in [1.82, 2.24) is 10.1 Å². The molecule has 2 saturated carbocycles. The summed E-state index contributed by atoms with van der Waals surface area (Å²) in [5.74, 6) is 4.26. The highest BCUT2D eigenvalue weighted by molar-refractivity contribution is 5.07. The lowest BCUT2D eigenvalue weighted by molar-refractivity contribution is 0.341. The smallest absolute Gasteiger partial charge is 0.229 e. The number of hydrogen-bond acceptors (Lipinski definition) is 4. The number of fused-ring (bicyclic) bond motifs is 1. The molecule has 0 aliphatic heterocycles. The third-order valence-electron chi connectivity index (χ3n) is 3.84. The molecule has 3 unspecified atom stereocenters. The Kier molecular flexibility index (Phi) is 2.06. The van der Waals surface area contributed by atoms with Gasteiger partial charge in [0.15, 0.2) is 5.82 Å². The lowest BCUT2D eigenvalue weighted by Crippen LogP contribution is -2.10. The zero-order chi connectivity index (χ0) is 10.4. The maximum absolute atomic E-state index is 5.57. The van der Waals surface area contributed by atoms with Crippen LogP contribution in [-0.4, -0.2) is 16.7 Å². The van der Waals surface area contributed by atoms with Crippen molar-refractivity contribution in [2.45, 2.75) is 38.0 Å². The monoisotopic (exact) mass is 207 g/mol. The quantitative estimate of drug-likeness (QED) is 0.818. The summed E-state index contributed by atoms with van der Waals surface area (Å²) < 4.78 is 5.32. The van der Waals surface area contributed by atoms with Crippen molar-refractivity contribution >= 4 is 0 Å². The molecule has 0 radical (unpaired) electrons. The highest BCUT2D eigenvalue weighted by Crippen LogP contribution is 2.57. The fourth-order valence-electron chi connectivity index (χ4n) is 2.64. The lowest BCUT2D eigenvalue weighted by Gasteiger charge is -2.04. The first-order valence-corrected chi connectivity index (χ1v) is 5.81. The van der Waals surface area contributed by atoms with E-state index in [1.807, 2.05) is 6.92 Å². The van der Waals surface area contributed by atoms with E-state index in [0.717, 1.165) is 23.6 Å². The Morgan fingerprint density at radius 2 is 2.13 bits per heavy atom. The van der Waals surface area contributed by atoms with E-state index in [-0.39, 0.29) is 5.92 Å². The van der Waals surface area contributed by atoms with E-state index in [1.54, 1.807) is 0 Å². The van der Waals surface area contributed by atoms with Crippen LogP contribution in [0.2, 0.25) is 0 Å². The topological polar surface area (TPSA) is 64.9 Å². The largest absolute Gasteiger partial charge is 0.339 e. The van der Waals surface area contributed by atoms with Gasteiger partial charge in [-0.15, -0.1) is 0 Å². The molecule has 2 aliphatic rings. The van der Waals surface area contributed by atoms with Crippen LogP contribution < -0.4 is 5.73 Å². The molecule has 3 rings (SSSR count). The molecule has 3 atom stereocenters. The van der Waals surface area contributed by atoms with Gasteiger partial charge in [0.2, 0.25) is 5.89 Å². The summed E-state index contributed by atoms with van der Waals surface area (Å²) in [5, 5.41) is 4.01. The van der Waals surface area contributed by atoms with Gasteiger partial charge in [0.25, 0.3) is 0 Å². The third-order valence-corrected chi connectivity index (χ3v) is 3.84. The predicted molar refractivity (Wildman–Crippen MR) is 55.3 cm³/mol. The lowest BCUT2D eigenvalue weighted by atomic mass is 10.0. The van der Waals surface area contributed by atoms with Crippen LogP contribution in [0.4, 0.5) is 0 Å². The first kappa shape index (κ1) is 9.33. The van der Waals surface area contributed by atoms with Crippen LogP contribution in [0.15, 0.2) is 4.52 Å². The van der Waals surface area contributed by atoms with E-state index < -0.39 is 0 Å².